The number of hydrogen-bond donors (Lipinski definition) is 2. The Labute approximate surface area is 113 Å². The molecule has 2 aromatic rings. The molecular formula is C14H18N4O. The predicted octanol–water partition coefficient (Wildman–Crippen LogP) is 1.78. The molecule has 0 saturated heterocycles. The fourth-order valence-corrected chi connectivity index (χ4v) is 1.74. The van der Waals surface area contributed by atoms with E-state index in [0.29, 0.717) is 0 Å². The second-order valence-corrected chi connectivity index (χ2v) is 4.03. The van der Waals surface area contributed by atoms with E-state index in [2.05, 4.69) is 20.8 Å². The maximum Gasteiger partial charge on any atom is 0.148 e. The van der Waals surface area contributed by atoms with E-state index >= 15 is 0 Å². The predicted molar refractivity (Wildman–Crippen MR) is 76.4 cm³/mol. The van der Waals surface area contributed by atoms with Crippen molar-refractivity contribution in [2.75, 3.05) is 32.6 Å². The van der Waals surface area contributed by atoms with Crippen LogP contribution < -0.4 is 15.4 Å². The number of benzene rings is 1. The molecule has 0 saturated carbocycles. The SMILES string of the molecule is CNCCNc1ccc(-c2ccccc2OC)nn1. The molecule has 0 fully saturated rings. The van der Waals surface area contributed by atoms with E-state index in [4.69, 9.17) is 4.74 Å². The van der Waals surface area contributed by atoms with Crippen LogP contribution in [0.25, 0.3) is 11.3 Å². The Kier molecular flexibility index (Phi) is 4.69. The molecule has 5 nitrogen and oxygen atoms in total. The molecule has 100 valence electrons. The van der Waals surface area contributed by atoms with E-state index in [9.17, 15) is 0 Å². The summed E-state index contributed by atoms with van der Waals surface area (Å²) in [5.41, 5.74) is 1.75. The minimum absolute atomic E-state index is 0.772. The summed E-state index contributed by atoms with van der Waals surface area (Å²) in [4.78, 5) is 0. The average molecular weight is 258 g/mol. The minimum Gasteiger partial charge on any atom is -0.496 e. The smallest absolute Gasteiger partial charge is 0.148 e. The van der Waals surface area contributed by atoms with Gasteiger partial charge in [0.15, 0.2) is 0 Å². The molecule has 1 heterocycles. The molecule has 0 unspecified atom stereocenters. The Morgan fingerprint density at radius 1 is 1.05 bits per heavy atom. The first-order valence-corrected chi connectivity index (χ1v) is 6.20. The van der Waals surface area contributed by atoms with E-state index in [-0.39, 0.29) is 0 Å². The summed E-state index contributed by atoms with van der Waals surface area (Å²) < 4.78 is 5.32. The molecule has 5 heteroatoms. The molecule has 0 aliphatic heterocycles. The van der Waals surface area contributed by atoms with Crippen LogP contribution in [0.4, 0.5) is 5.82 Å². The standard InChI is InChI=1S/C14H18N4O/c1-15-9-10-16-14-8-7-12(17-18-14)11-5-3-4-6-13(11)19-2/h3-8,15H,9-10H2,1-2H3,(H,16,18). The van der Waals surface area contributed by atoms with Gasteiger partial charge in [0.1, 0.15) is 11.6 Å². The van der Waals surface area contributed by atoms with Crippen molar-refractivity contribution in [2.24, 2.45) is 0 Å². The summed E-state index contributed by atoms with van der Waals surface area (Å²) in [6.45, 7) is 1.70. The lowest BCUT2D eigenvalue weighted by atomic mass is 10.1. The van der Waals surface area contributed by atoms with E-state index in [0.717, 1.165) is 35.9 Å². The number of methoxy groups -OCH3 is 1. The molecule has 2 N–H and O–H groups in total. The first-order chi connectivity index (χ1) is 9.35. The van der Waals surface area contributed by atoms with Gasteiger partial charge in [-0.15, -0.1) is 10.2 Å². The molecular weight excluding hydrogens is 240 g/mol. The molecule has 2 rings (SSSR count). The van der Waals surface area contributed by atoms with Crippen molar-refractivity contribution < 1.29 is 4.74 Å². The number of aromatic nitrogens is 2. The number of hydrogen-bond acceptors (Lipinski definition) is 5. The van der Waals surface area contributed by atoms with Gasteiger partial charge in [0, 0.05) is 18.7 Å². The van der Waals surface area contributed by atoms with Crippen LogP contribution in [0, 0.1) is 0 Å². The Morgan fingerprint density at radius 3 is 2.58 bits per heavy atom. The van der Waals surface area contributed by atoms with Gasteiger partial charge in [0.2, 0.25) is 0 Å². The highest BCUT2D eigenvalue weighted by Gasteiger charge is 2.06. The Bertz CT molecular complexity index is 513. The molecule has 0 amide bonds. The summed E-state index contributed by atoms with van der Waals surface area (Å²) in [7, 11) is 3.57. The third kappa shape index (κ3) is 3.42. The second-order valence-electron chi connectivity index (χ2n) is 4.03. The maximum atomic E-state index is 5.32. The lowest BCUT2D eigenvalue weighted by molar-refractivity contribution is 0.416. The fraction of sp³-hybridized carbons (Fsp3) is 0.286. The lowest BCUT2D eigenvalue weighted by Crippen LogP contribution is -2.18. The number of ether oxygens (including phenoxy) is 1. The van der Waals surface area contributed by atoms with E-state index in [1.807, 2.05) is 43.4 Å². The van der Waals surface area contributed by atoms with E-state index < -0.39 is 0 Å². The molecule has 1 aromatic carbocycles. The quantitative estimate of drug-likeness (QED) is 0.773. The van der Waals surface area contributed by atoms with Crippen LogP contribution in [0.3, 0.4) is 0 Å². The molecule has 0 atom stereocenters. The Morgan fingerprint density at radius 2 is 1.89 bits per heavy atom. The van der Waals surface area contributed by atoms with Crippen LogP contribution in [0.1, 0.15) is 0 Å². The van der Waals surface area contributed by atoms with Crippen LogP contribution in [-0.2, 0) is 0 Å². The van der Waals surface area contributed by atoms with Crippen molar-refractivity contribution in [1.29, 1.82) is 0 Å². The maximum absolute atomic E-state index is 5.32. The van der Waals surface area contributed by atoms with Gasteiger partial charge in [0.25, 0.3) is 0 Å². The highest BCUT2D eigenvalue weighted by molar-refractivity contribution is 5.67. The number of nitrogens with zero attached hydrogens (tertiary/aromatic N) is 2. The zero-order chi connectivity index (χ0) is 13.5. The van der Waals surface area contributed by atoms with Gasteiger partial charge in [0.05, 0.1) is 12.8 Å². The van der Waals surface area contributed by atoms with Crippen LogP contribution >= 0.6 is 0 Å². The van der Waals surface area contributed by atoms with E-state index in [1.54, 1.807) is 7.11 Å². The van der Waals surface area contributed by atoms with Gasteiger partial charge >= 0.3 is 0 Å². The Hall–Kier alpha value is -2.14. The van der Waals surface area contributed by atoms with Gasteiger partial charge in [-0.1, -0.05) is 12.1 Å². The normalized spacial score (nSPS) is 10.2. The van der Waals surface area contributed by atoms with Crippen molar-refractivity contribution in [3.63, 3.8) is 0 Å². The van der Waals surface area contributed by atoms with Crippen molar-refractivity contribution in [1.82, 2.24) is 15.5 Å². The van der Waals surface area contributed by atoms with Crippen LogP contribution in [0.15, 0.2) is 36.4 Å². The number of rotatable bonds is 6. The molecule has 0 aliphatic carbocycles. The van der Waals surface area contributed by atoms with Gasteiger partial charge < -0.3 is 15.4 Å². The highest BCUT2D eigenvalue weighted by atomic mass is 16.5. The molecule has 19 heavy (non-hydrogen) atoms. The average Bonchev–Trinajstić information content (AvgIpc) is 2.48. The zero-order valence-electron chi connectivity index (χ0n) is 11.2. The van der Waals surface area contributed by atoms with Gasteiger partial charge in [-0.25, -0.2) is 0 Å². The number of para-hydroxylation sites is 1. The topological polar surface area (TPSA) is 59.1 Å². The first-order valence-electron chi connectivity index (χ1n) is 6.20. The molecule has 0 aliphatic rings. The summed E-state index contributed by atoms with van der Waals surface area (Å²) in [5, 5.41) is 14.6. The zero-order valence-corrected chi connectivity index (χ0v) is 11.2. The van der Waals surface area contributed by atoms with Crippen LogP contribution in [-0.4, -0.2) is 37.4 Å². The third-order valence-electron chi connectivity index (χ3n) is 2.73. The van der Waals surface area contributed by atoms with Crippen molar-refractivity contribution >= 4 is 5.82 Å². The second kappa shape index (κ2) is 6.70. The minimum atomic E-state index is 0.772. The fourth-order valence-electron chi connectivity index (χ4n) is 1.74. The largest absolute Gasteiger partial charge is 0.496 e. The summed E-state index contributed by atoms with van der Waals surface area (Å²) in [6, 6.07) is 11.6. The summed E-state index contributed by atoms with van der Waals surface area (Å²) >= 11 is 0. The summed E-state index contributed by atoms with van der Waals surface area (Å²) in [6.07, 6.45) is 0. The van der Waals surface area contributed by atoms with Crippen molar-refractivity contribution in [3.05, 3.63) is 36.4 Å². The summed E-state index contributed by atoms with van der Waals surface area (Å²) in [5.74, 6) is 1.57. The van der Waals surface area contributed by atoms with Crippen LogP contribution in [0.2, 0.25) is 0 Å². The van der Waals surface area contributed by atoms with Crippen molar-refractivity contribution in [2.45, 2.75) is 0 Å². The van der Waals surface area contributed by atoms with E-state index in [1.165, 1.54) is 0 Å². The highest BCUT2D eigenvalue weighted by Crippen LogP contribution is 2.27. The Balaban J connectivity index is 2.13. The van der Waals surface area contributed by atoms with Gasteiger partial charge in [-0.05, 0) is 31.3 Å². The van der Waals surface area contributed by atoms with Gasteiger partial charge in [-0.3, -0.25) is 0 Å². The first kappa shape index (κ1) is 13.3. The number of nitrogens with one attached hydrogen (secondary N) is 2. The monoisotopic (exact) mass is 258 g/mol. The van der Waals surface area contributed by atoms with Crippen LogP contribution in [0.5, 0.6) is 5.75 Å². The van der Waals surface area contributed by atoms with Crippen molar-refractivity contribution in [3.8, 4) is 17.0 Å². The molecule has 0 radical (unpaired) electrons. The number of likely N-dealkylation sites (N-methyl/N-ethyl adjacent to an activating group) is 1. The third-order valence-corrected chi connectivity index (χ3v) is 2.73. The van der Waals surface area contributed by atoms with Gasteiger partial charge in [-0.2, -0.15) is 0 Å². The number of anilines is 1. The molecule has 0 bridgehead atoms. The molecule has 0 spiro atoms. The molecule has 1 aromatic heterocycles. The lowest BCUT2D eigenvalue weighted by Gasteiger charge is -2.08.